The first-order valence-corrected chi connectivity index (χ1v) is 8.00. The average molecular weight is 298 g/mol. The van der Waals surface area contributed by atoms with Gasteiger partial charge in [-0.05, 0) is 43.5 Å². The van der Waals surface area contributed by atoms with Crippen molar-refractivity contribution in [1.82, 2.24) is 4.90 Å². The molecule has 3 nitrogen and oxygen atoms in total. The number of halogens is 1. The van der Waals surface area contributed by atoms with E-state index in [4.69, 9.17) is 21.1 Å². The Morgan fingerprint density at radius 1 is 1.10 bits per heavy atom. The van der Waals surface area contributed by atoms with E-state index in [1.54, 1.807) is 0 Å². The minimum Gasteiger partial charge on any atom is -0.494 e. The van der Waals surface area contributed by atoms with Gasteiger partial charge in [-0.1, -0.05) is 12.1 Å². The third-order valence-electron chi connectivity index (χ3n) is 3.51. The van der Waals surface area contributed by atoms with Crippen molar-refractivity contribution >= 4 is 11.6 Å². The van der Waals surface area contributed by atoms with E-state index in [0.29, 0.717) is 12.5 Å². The van der Waals surface area contributed by atoms with Gasteiger partial charge in [0.2, 0.25) is 0 Å². The number of morpholine rings is 1. The summed E-state index contributed by atoms with van der Waals surface area (Å²) in [6, 6.07) is 8.43. The van der Waals surface area contributed by atoms with Gasteiger partial charge in [0.1, 0.15) is 5.75 Å². The van der Waals surface area contributed by atoms with Crippen molar-refractivity contribution in [1.29, 1.82) is 0 Å². The highest BCUT2D eigenvalue weighted by molar-refractivity contribution is 6.17. The standard InChI is InChI=1S/C16H24ClNO2/c17-8-2-12-20-16-6-4-15(5-7-16)3-1-9-18-10-13-19-14-11-18/h4-7H,1-3,8-14H2. The molecule has 0 radical (unpaired) electrons. The quantitative estimate of drug-likeness (QED) is 0.544. The summed E-state index contributed by atoms with van der Waals surface area (Å²) in [7, 11) is 0. The lowest BCUT2D eigenvalue weighted by Crippen LogP contribution is -2.36. The molecule has 1 aliphatic rings. The van der Waals surface area contributed by atoms with Crippen LogP contribution in [0.2, 0.25) is 0 Å². The van der Waals surface area contributed by atoms with E-state index < -0.39 is 0 Å². The van der Waals surface area contributed by atoms with Crippen molar-refractivity contribution in [3.63, 3.8) is 0 Å². The topological polar surface area (TPSA) is 21.7 Å². The van der Waals surface area contributed by atoms with Gasteiger partial charge < -0.3 is 9.47 Å². The second-order valence-electron chi connectivity index (χ2n) is 5.09. The fourth-order valence-corrected chi connectivity index (χ4v) is 2.44. The summed E-state index contributed by atoms with van der Waals surface area (Å²) in [6.07, 6.45) is 3.22. The Kier molecular flexibility index (Phi) is 7.20. The number of hydrogen-bond acceptors (Lipinski definition) is 3. The summed E-state index contributed by atoms with van der Waals surface area (Å²) < 4.78 is 10.9. The van der Waals surface area contributed by atoms with Crippen LogP contribution >= 0.6 is 11.6 Å². The second-order valence-corrected chi connectivity index (χ2v) is 5.47. The summed E-state index contributed by atoms with van der Waals surface area (Å²) in [6.45, 7) is 5.78. The van der Waals surface area contributed by atoms with E-state index in [-0.39, 0.29) is 0 Å². The largest absolute Gasteiger partial charge is 0.494 e. The minimum absolute atomic E-state index is 0.652. The van der Waals surface area contributed by atoms with E-state index in [1.165, 1.54) is 12.0 Å². The lowest BCUT2D eigenvalue weighted by atomic mass is 10.1. The van der Waals surface area contributed by atoms with Crippen molar-refractivity contribution in [3.8, 4) is 5.75 Å². The van der Waals surface area contributed by atoms with Crippen LogP contribution in [-0.4, -0.2) is 50.2 Å². The molecule has 2 rings (SSSR count). The predicted octanol–water partition coefficient (Wildman–Crippen LogP) is 2.96. The highest BCUT2D eigenvalue weighted by Crippen LogP contribution is 2.14. The summed E-state index contributed by atoms with van der Waals surface area (Å²) >= 11 is 5.62. The van der Waals surface area contributed by atoms with Crippen LogP contribution in [0.3, 0.4) is 0 Å². The van der Waals surface area contributed by atoms with Crippen molar-refractivity contribution in [2.24, 2.45) is 0 Å². The lowest BCUT2D eigenvalue weighted by Gasteiger charge is -2.26. The molecule has 1 heterocycles. The van der Waals surface area contributed by atoms with Crippen molar-refractivity contribution < 1.29 is 9.47 Å². The molecule has 1 aliphatic heterocycles. The van der Waals surface area contributed by atoms with E-state index in [2.05, 4.69) is 29.2 Å². The number of rotatable bonds is 8. The van der Waals surface area contributed by atoms with E-state index in [0.717, 1.165) is 51.4 Å². The Morgan fingerprint density at radius 3 is 2.55 bits per heavy atom. The maximum atomic E-state index is 5.62. The molecule has 1 saturated heterocycles. The Labute approximate surface area is 126 Å². The van der Waals surface area contributed by atoms with Gasteiger partial charge in [0.05, 0.1) is 19.8 Å². The van der Waals surface area contributed by atoms with E-state index >= 15 is 0 Å². The first kappa shape index (κ1) is 15.6. The molecule has 112 valence electrons. The van der Waals surface area contributed by atoms with Crippen LogP contribution in [-0.2, 0) is 11.2 Å². The monoisotopic (exact) mass is 297 g/mol. The van der Waals surface area contributed by atoms with Gasteiger partial charge >= 0.3 is 0 Å². The fraction of sp³-hybridized carbons (Fsp3) is 0.625. The van der Waals surface area contributed by atoms with Gasteiger partial charge in [-0.25, -0.2) is 0 Å². The number of hydrogen-bond donors (Lipinski definition) is 0. The summed E-state index contributed by atoms with van der Waals surface area (Å²) in [5, 5.41) is 0. The van der Waals surface area contributed by atoms with Gasteiger partial charge in [-0.2, -0.15) is 0 Å². The van der Waals surface area contributed by atoms with Crippen molar-refractivity contribution in [3.05, 3.63) is 29.8 Å². The van der Waals surface area contributed by atoms with Crippen LogP contribution in [0.15, 0.2) is 24.3 Å². The Balaban J connectivity index is 1.65. The zero-order chi connectivity index (χ0) is 14.0. The van der Waals surface area contributed by atoms with E-state index in [9.17, 15) is 0 Å². The molecule has 0 atom stereocenters. The van der Waals surface area contributed by atoms with Crippen LogP contribution in [0.4, 0.5) is 0 Å². The second kappa shape index (κ2) is 9.22. The smallest absolute Gasteiger partial charge is 0.119 e. The zero-order valence-corrected chi connectivity index (χ0v) is 12.8. The average Bonchev–Trinajstić information content (AvgIpc) is 2.50. The van der Waals surface area contributed by atoms with Crippen LogP contribution in [0.5, 0.6) is 5.75 Å². The SMILES string of the molecule is ClCCCOc1ccc(CCCN2CCOCC2)cc1. The molecule has 1 aromatic rings. The maximum absolute atomic E-state index is 5.62. The van der Waals surface area contributed by atoms with Gasteiger partial charge in [-0.15, -0.1) is 11.6 Å². The molecule has 0 amide bonds. The molecule has 1 fully saturated rings. The van der Waals surface area contributed by atoms with E-state index in [1.807, 2.05) is 0 Å². The summed E-state index contributed by atoms with van der Waals surface area (Å²) in [4.78, 5) is 2.48. The molecule has 0 aromatic heterocycles. The molecular formula is C16H24ClNO2. The molecule has 0 spiro atoms. The first-order valence-electron chi connectivity index (χ1n) is 7.46. The highest BCUT2D eigenvalue weighted by atomic mass is 35.5. The van der Waals surface area contributed by atoms with Crippen molar-refractivity contribution in [2.45, 2.75) is 19.3 Å². The lowest BCUT2D eigenvalue weighted by molar-refractivity contribution is 0.0374. The van der Waals surface area contributed by atoms with Crippen LogP contribution in [0.1, 0.15) is 18.4 Å². The molecular weight excluding hydrogens is 274 g/mol. The fourth-order valence-electron chi connectivity index (χ4n) is 2.33. The summed E-state index contributed by atoms with van der Waals surface area (Å²) in [5.41, 5.74) is 1.38. The number of benzene rings is 1. The molecule has 1 aromatic carbocycles. The maximum Gasteiger partial charge on any atom is 0.119 e. The molecule has 0 unspecified atom stereocenters. The number of ether oxygens (including phenoxy) is 2. The van der Waals surface area contributed by atoms with Crippen LogP contribution < -0.4 is 4.74 Å². The molecule has 0 N–H and O–H groups in total. The summed E-state index contributed by atoms with van der Waals surface area (Å²) in [5.74, 6) is 1.59. The minimum atomic E-state index is 0.652. The van der Waals surface area contributed by atoms with Gasteiger partial charge in [-0.3, -0.25) is 4.90 Å². The molecule has 4 heteroatoms. The molecule has 0 aliphatic carbocycles. The Morgan fingerprint density at radius 2 is 1.85 bits per heavy atom. The van der Waals surface area contributed by atoms with Crippen LogP contribution in [0, 0.1) is 0 Å². The van der Waals surface area contributed by atoms with Crippen LogP contribution in [0.25, 0.3) is 0 Å². The number of nitrogens with zero attached hydrogens (tertiary/aromatic N) is 1. The molecule has 20 heavy (non-hydrogen) atoms. The third-order valence-corrected chi connectivity index (χ3v) is 3.78. The van der Waals surface area contributed by atoms with Crippen molar-refractivity contribution in [2.75, 3.05) is 45.3 Å². The molecule has 0 bridgehead atoms. The highest BCUT2D eigenvalue weighted by Gasteiger charge is 2.09. The molecule has 0 saturated carbocycles. The number of aryl methyl sites for hydroxylation is 1. The zero-order valence-electron chi connectivity index (χ0n) is 12.0. The Bertz CT molecular complexity index is 363. The van der Waals surface area contributed by atoms with Gasteiger partial charge in [0.15, 0.2) is 0 Å². The third kappa shape index (κ3) is 5.70. The van der Waals surface area contributed by atoms with Gasteiger partial charge in [0, 0.05) is 19.0 Å². The predicted molar refractivity (Wildman–Crippen MR) is 82.9 cm³/mol. The van der Waals surface area contributed by atoms with Gasteiger partial charge in [0.25, 0.3) is 0 Å². The Hall–Kier alpha value is -0.770. The number of alkyl halides is 1. The first-order chi connectivity index (χ1) is 9.88. The normalized spacial score (nSPS) is 16.2.